The first-order valence-corrected chi connectivity index (χ1v) is 6.87. The molecule has 2 N–H and O–H groups in total. The molecule has 2 unspecified atom stereocenters. The molecule has 2 atom stereocenters. The molecule has 0 spiro atoms. The number of nitrogens with one attached hydrogen (secondary N) is 2. The number of hydrogen-bond donors (Lipinski definition) is 2. The number of piperidine rings is 1. The predicted octanol–water partition coefficient (Wildman–Crippen LogP) is -0.0310. The fourth-order valence-corrected chi connectivity index (χ4v) is 2.93. The summed E-state index contributed by atoms with van der Waals surface area (Å²) < 4.78 is 0. The van der Waals surface area contributed by atoms with Crippen LogP contribution in [-0.2, 0) is 9.59 Å². The van der Waals surface area contributed by atoms with E-state index in [-0.39, 0.29) is 23.8 Å². The van der Waals surface area contributed by atoms with Crippen LogP contribution in [0.3, 0.4) is 0 Å². The van der Waals surface area contributed by atoms with Crippen LogP contribution in [0, 0.1) is 11.8 Å². The molecule has 0 aromatic heterocycles. The average molecular weight is 253 g/mol. The lowest BCUT2D eigenvalue weighted by atomic mass is 9.94. The third kappa shape index (κ3) is 2.66. The molecular formula is C13H23N3O2. The Morgan fingerprint density at radius 1 is 1.22 bits per heavy atom. The molecule has 2 heterocycles. The first-order chi connectivity index (χ1) is 8.63. The van der Waals surface area contributed by atoms with Crippen LogP contribution in [0.25, 0.3) is 0 Å². The molecule has 0 aromatic carbocycles. The van der Waals surface area contributed by atoms with Gasteiger partial charge in [0.2, 0.25) is 11.8 Å². The van der Waals surface area contributed by atoms with Gasteiger partial charge in [-0.15, -0.1) is 0 Å². The normalized spacial score (nSPS) is 29.3. The molecule has 2 amide bonds. The molecule has 2 saturated heterocycles. The molecular weight excluding hydrogens is 230 g/mol. The molecule has 0 saturated carbocycles. The Kier molecular flexibility index (Phi) is 4.22. The predicted molar refractivity (Wildman–Crippen MR) is 68.9 cm³/mol. The molecule has 2 rings (SSSR count). The number of likely N-dealkylation sites (tertiary alicyclic amines) is 1. The molecule has 18 heavy (non-hydrogen) atoms. The van der Waals surface area contributed by atoms with Crippen molar-refractivity contribution < 1.29 is 9.59 Å². The van der Waals surface area contributed by atoms with E-state index in [1.807, 2.05) is 4.90 Å². The number of nitrogens with zero attached hydrogens (tertiary/aromatic N) is 1. The summed E-state index contributed by atoms with van der Waals surface area (Å²) in [6.07, 6.45) is 2.64. The van der Waals surface area contributed by atoms with E-state index in [1.165, 1.54) is 0 Å². The Morgan fingerprint density at radius 3 is 2.39 bits per heavy atom. The largest absolute Gasteiger partial charge is 0.359 e. The third-order valence-electron chi connectivity index (χ3n) is 4.22. The summed E-state index contributed by atoms with van der Waals surface area (Å²) in [6.45, 7) is 4.48. The van der Waals surface area contributed by atoms with Gasteiger partial charge in [-0.3, -0.25) is 9.59 Å². The Balaban J connectivity index is 1.86. The zero-order valence-corrected chi connectivity index (χ0v) is 11.2. The molecule has 0 aromatic rings. The van der Waals surface area contributed by atoms with Crippen LogP contribution in [0.1, 0.15) is 26.2 Å². The highest BCUT2D eigenvalue weighted by molar-refractivity contribution is 5.83. The van der Waals surface area contributed by atoms with Gasteiger partial charge < -0.3 is 15.5 Å². The van der Waals surface area contributed by atoms with Crippen molar-refractivity contribution in [1.82, 2.24) is 15.5 Å². The van der Waals surface area contributed by atoms with Crippen LogP contribution in [-0.4, -0.2) is 49.4 Å². The smallest absolute Gasteiger partial charge is 0.239 e. The molecule has 2 aliphatic heterocycles. The van der Waals surface area contributed by atoms with Crippen LogP contribution in [0.15, 0.2) is 0 Å². The van der Waals surface area contributed by atoms with Gasteiger partial charge in [0.25, 0.3) is 0 Å². The van der Waals surface area contributed by atoms with Crippen molar-refractivity contribution in [3.8, 4) is 0 Å². The van der Waals surface area contributed by atoms with E-state index in [2.05, 4.69) is 17.6 Å². The van der Waals surface area contributed by atoms with Gasteiger partial charge in [-0.25, -0.2) is 0 Å². The molecule has 0 radical (unpaired) electrons. The summed E-state index contributed by atoms with van der Waals surface area (Å²) in [5.41, 5.74) is 0. The maximum atomic E-state index is 12.3. The highest BCUT2D eigenvalue weighted by Gasteiger charge is 2.34. The van der Waals surface area contributed by atoms with Crippen molar-refractivity contribution in [1.29, 1.82) is 0 Å². The maximum absolute atomic E-state index is 12.3. The minimum absolute atomic E-state index is 0.0125. The summed E-state index contributed by atoms with van der Waals surface area (Å²) in [4.78, 5) is 25.8. The van der Waals surface area contributed by atoms with Crippen LogP contribution < -0.4 is 10.6 Å². The van der Waals surface area contributed by atoms with Crippen molar-refractivity contribution in [2.75, 3.05) is 26.7 Å². The van der Waals surface area contributed by atoms with Gasteiger partial charge in [0.15, 0.2) is 0 Å². The highest BCUT2D eigenvalue weighted by Crippen LogP contribution is 2.21. The Labute approximate surface area is 108 Å². The van der Waals surface area contributed by atoms with E-state index in [0.717, 1.165) is 25.8 Å². The van der Waals surface area contributed by atoms with Gasteiger partial charge in [-0.1, -0.05) is 6.92 Å². The number of carbonyl (C=O) groups is 2. The lowest BCUT2D eigenvalue weighted by Gasteiger charge is -2.33. The van der Waals surface area contributed by atoms with Crippen molar-refractivity contribution in [3.05, 3.63) is 0 Å². The zero-order chi connectivity index (χ0) is 13.1. The van der Waals surface area contributed by atoms with Gasteiger partial charge in [-0.2, -0.15) is 0 Å². The fourth-order valence-electron chi connectivity index (χ4n) is 2.93. The van der Waals surface area contributed by atoms with Gasteiger partial charge in [0, 0.05) is 26.1 Å². The SMILES string of the molecule is CNC(=O)C1CCN(C(=O)C2NCCC2C)CC1. The average Bonchev–Trinajstić information content (AvgIpc) is 2.83. The molecule has 0 bridgehead atoms. The highest BCUT2D eigenvalue weighted by atomic mass is 16.2. The van der Waals surface area contributed by atoms with Gasteiger partial charge in [0.05, 0.1) is 6.04 Å². The summed E-state index contributed by atoms with van der Waals surface area (Å²) in [7, 11) is 1.67. The van der Waals surface area contributed by atoms with Crippen LogP contribution >= 0.6 is 0 Å². The third-order valence-corrected chi connectivity index (χ3v) is 4.22. The monoisotopic (exact) mass is 253 g/mol. The van der Waals surface area contributed by atoms with Crippen LogP contribution in [0.5, 0.6) is 0 Å². The van der Waals surface area contributed by atoms with Crippen molar-refractivity contribution in [3.63, 3.8) is 0 Å². The van der Waals surface area contributed by atoms with E-state index >= 15 is 0 Å². The second-order valence-electron chi connectivity index (χ2n) is 5.41. The van der Waals surface area contributed by atoms with Crippen LogP contribution in [0.4, 0.5) is 0 Å². The quantitative estimate of drug-likeness (QED) is 0.726. The lowest BCUT2D eigenvalue weighted by Crippen LogP contribution is -2.50. The van der Waals surface area contributed by atoms with E-state index in [1.54, 1.807) is 7.05 Å². The van der Waals surface area contributed by atoms with Crippen LogP contribution in [0.2, 0.25) is 0 Å². The zero-order valence-electron chi connectivity index (χ0n) is 11.2. The fraction of sp³-hybridized carbons (Fsp3) is 0.846. The summed E-state index contributed by atoms with van der Waals surface area (Å²) in [5.74, 6) is 0.826. The summed E-state index contributed by atoms with van der Waals surface area (Å²) in [6, 6.07) is -0.0125. The number of hydrogen-bond acceptors (Lipinski definition) is 3. The van der Waals surface area contributed by atoms with Gasteiger partial charge >= 0.3 is 0 Å². The topological polar surface area (TPSA) is 61.4 Å². The molecule has 2 aliphatic rings. The molecule has 102 valence electrons. The minimum Gasteiger partial charge on any atom is -0.359 e. The minimum atomic E-state index is -0.0125. The van der Waals surface area contributed by atoms with E-state index in [0.29, 0.717) is 19.0 Å². The van der Waals surface area contributed by atoms with Crippen molar-refractivity contribution in [2.24, 2.45) is 11.8 Å². The van der Waals surface area contributed by atoms with Gasteiger partial charge in [-0.05, 0) is 31.7 Å². The second-order valence-corrected chi connectivity index (χ2v) is 5.41. The van der Waals surface area contributed by atoms with Crippen molar-refractivity contribution >= 4 is 11.8 Å². The molecule has 5 nitrogen and oxygen atoms in total. The maximum Gasteiger partial charge on any atom is 0.239 e. The number of carbonyl (C=O) groups excluding carboxylic acids is 2. The number of rotatable bonds is 2. The Bertz CT molecular complexity index is 324. The first kappa shape index (κ1) is 13.3. The Morgan fingerprint density at radius 2 is 1.89 bits per heavy atom. The van der Waals surface area contributed by atoms with E-state index in [9.17, 15) is 9.59 Å². The lowest BCUT2D eigenvalue weighted by molar-refractivity contribution is -0.137. The van der Waals surface area contributed by atoms with Crippen molar-refractivity contribution in [2.45, 2.75) is 32.2 Å². The molecule has 2 fully saturated rings. The summed E-state index contributed by atoms with van der Waals surface area (Å²) in [5, 5.41) is 5.96. The molecule has 5 heteroatoms. The van der Waals surface area contributed by atoms with E-state index in [4.69, 9.17) is 0 Å². The second kappa shape index (κ2) is 5.69. The number of amides is 2. The van der Waals surface area contributed by atoms with E-state index < -0.39 is 0 Å². The standard InChI is InChI=1S/C13H23N3O2/c1-9-3-6-15-11(9)13(18)16-7-4-10(5-8-16)12(17)14-2/h9-11,15H,3-8H2,1-2H3,(H,14,17). The Hall–Kier alpha value is -1.10. The summed E-state index contributed by atoms with van der Waals surface area (Å²) >= 11 is 0. The molecule has 0 aliphatic carbocycles. The van der Waals surface area contributed by atoms with Gasteiger partial charge in [0.1, 0.15) is 0 Å². The first-order valence-electron chi connectivity index (χ1n) is 6.87.